The number of nitrogens with zero attached hydrogens (tertiary/aromatic N) is 1. The van der Waals surface area contributed by atoms with Gasteiger partial charge in [-0.3, -0.25) is 4.79 Å². The van der Waals surface area contributed by atoms with Crippen LogP contribution in [0.1, 0.15) is 30.6 Å². The molecule has 0 radical (unpaired) electrons. The predicted molar refractivity (Wildman–Crippen MR) is 107 cm³/mol. The van der Waals surface area contributed by atoms with Crippen molar-refractivity contribution in [2.24, 2.45) is 0 Å². The fourth-order valence-electron chi connectivity index (χ4n) is 2.66. The monoisotopic (exact) mass is 434 g/mol. The third-order valence-electron chi connectivity index (χ3n) is 4.03. The first kappa shape index (κ1) is 22.7. The zero-order valence-corrected chi connectivity index (χ0v) is 17.8. The summed E-state index contributed by atoms with van der Waals surface area (Å²) in [5.74, 6) is 0.177. The van der Waals surface area contributed by atoms with E-state index in [1.54, 1.807) is 6.07 Å². The third kappa shape index (κ3) is 6.23. The molecule has 1 aromatic rings. The molecule has 1 N–H and O–H groups in total. The molecular formula is C18H27ClN2O6S. The van der Waals surface area contributed by atoms with Gasteiger partial charge in [-0.05, 0) is 25.5 Å². The molecule has 1 fully saturated rings. The van der Waals surface area contributed by atoms with E-state index in [2.05, 4.69) is 5.32 Å². The highest BCUT2D eigenvalue weighted by atomic mass is 35.5. The molecule has 1 aromatic carbocycles. The van der Waals surface area contributed by atoms with Crippen LogP contribution in [-0.2, 0) is 14.8 Å². The topological polar surface area (TPSA) is 94.2 Å². The van der Waals surface area contributed by atoms with E-state index in [-0.39, 0.29) is 22.9 Å². The Morgan fingerprint density at radius 1 is 1.25 bits per heavy atom. The standard InChI is InChI=1S/C18H27ClN2O6S/c1-3-8-27-17-15(19)12-14(13-16(17)26-4-2)18(22)20-5-11-28(23,24)21-6-9-25-10-7-21/h12-13H,3-11H2,1-2H3,(H,20,22). The van der Waals surface area contributed by atoms with Gasteiger partial charge in [-0.2, -0.15) is 4.31 Å². The molecule has 8 nitrogen and oxygen atoms in total. The lowest BCUT2D eigenvalue weighted by atomic mass is 10.2. The number of rotatable bonds is 10. The van der Waals surface area contributed by atoms with Crippen LogP contribution in [0.5, 0.6) is 11.5 Å². The number of carbonyl (C=O) groups excluding carboxylic acids is 1. The van der Waals surface area contributed by atoms with Crippen LogP contribution in [0.2, 0.25) is 5.02 Å². The van der Waals surface area contributed by atoms with Crippen molar-refractivity contribution in [1.82, 2.24) is 9.62 Å². The number of hydrogen-bond donors (Lipinski definition) is 1. The lowest BCUT2D eigenvalue weighted by Crippen LogP contribution is -2.43. The van der Waals surface area contributed by atoms with Crippen molar-refractivity contribution < 1.29 is 27.4 Å². The maximum Gasteiger partial charge on any atom is 0.251 e. The van der Waals surface area contributed by atoms with E-state index in [9.17, 15) is 13.2 Å². The maximum atomic E-state index is 12.4. The Kier molecular flexibility index (Phi) is 8.81. The number of carbonyl (C=O) groups is 1. The number of morpholine rings is 1. The minimum Gasteiger partial charge on any atom is -0.490 e. The summed E-state index contributed by atoms with van der Waals surface area (Å²) in [5, 5.41) is 2.89. The van der Waals surface area contributed by atoms with Gasteiger partial charge in [-0.1, -0.05) is 18.5 Å². The van der Waals surface area contributed by atoms with Crippen LogP contribution in [-0.4, -0.2) is 70.4 Å². The first-order valence-corrected chi connectivity index (χ1v) is 11.3. The van der Waals surface area contributed by atoms with Gasteiger partial charge in [-0.25, -0.2) is 8.42 Å². The number of ether oxygens (including phenoxy) is 3. The summed E-state index contributed by atoms with van der Waals surface area (Å²) in [5.41, 5.74) is 0.279. The van der Waals surface area contributed by atoms with Crippen molar-refractivity contribution in [3.05, 3.63) is 22.7 Å². The minimum atomic E-state index is -3.44. The molecule has 2 rings (SSSR count). The lowest BCUT2D eigenvalue weighted by Gasteiger charge is -2.26. The minimum absolute atomic E-state index is 0.00576. The van der Waals surface area contributed by atoms with E-state index in [1.165, 1.54) is 10.4 Å². The van der Waals surface area contributed by atoms with Gasteiger partial charge in [0, 0.05) is 25.2 Å². The second-order valence-electron chi connectivity index (χ2n) is 6.15. The number of benzene rings is 1. The Hall–Kier alpha value is -1.55. The average molecular weight is 435 g/mol. The van der Waals surface area contributed by atoms with E-state index < -0.39 is 15.9 Å². The molecule has 1 amide bonds. The molecular weight excluding hydrogens is 408 g/mol. The van der Waals surface area contributed by atoms with Gasteiger partial charge in [0.05, 0.1) is 37.2 Å². The van der Waals surface area contributed by atoms with Crippen LogP contribution in [0.4, 0.5) is 0 Å². The van der Waals surface area contributed by atoms with Crippen LogP contribution in [0.25, 0.3) is 0 Å². The summed E-state index contributed by atoms with van der Waals surface area (Å²) in [7, 11) is -3.44. The largest absolute Gasteiger partial charge is 0.490 e. The molecule has 0 saturated carbocycles. The summed E-state index contributed by atoms with van der Waals surface area (Å²) in [6.07, 6.45) is 0.807. The highest BCUT2D eigenvalue weighted by Gasteiger charge is 2.24. The van der Waals surface area contributed by atoms with Crippen LogP contribution >= 0.6 is 11.6 Å². The molecule has 0 aromatic heterocycles. The molecule has 1 aliphatic rings. The summed E-state index contributed by atoms with van der Waals surface area (Å²) < 4.78 is 42.3. The Bertz CT molecular complexity index is 766. The van der Waals surface area contributed by atoms with Crippen LogP contribution < -0.4 is 14.8 Å². The van der Waals surface area contributed by atoms with Crippen molar-refractivity contribution in [3.63, 3.8) is 0 Å². The van der Waals surface area contributed by atoms with Gasteiger partial charge in [0.15, 0.2) is 11.5 Å². The lowest BCUT2D eigenvalue weighted by molar-refractivity contribution is 0.0730. The Morgan fingerprint density at radius 2 is 1.96 bits per heavy atom. The highest BCUT2D eigenvalue weighted by molar-refractivity contribution is 7.89. The van der Waals surface area contributed by atoms with Gasteiger partial charge in [0.2, 0.25) is 10.0 Å². The van der Waals surface area contributed by atoms with E-state index in [0.717, 1.165) is 6.42 Å². The van der Waals surface area contributed by atoms with E-state index >= 15 is 0 Å². The smallest absolute Gasteiger partial charge is 0.251 e. The molecule has 0 aliphatic carbocycles. The second kappa shape index (κ2) is 10.8. The maximum absolute atomic E-state index is 12.4. The molecule has 0 atom stereocenters. The van der Waals surface area contributed by atoms with Crippen molar-refractivity contribution >= 4 is 27.5 Å². The number of halogens is 1. The Labute approximate surface area is 171 Å². The van der Waals surface area contributed by atoms with Crippen molar-refractivity contribution in [1.29, 1.82) is 0 Å². The van der Waals surface area contributed by atoms with Gasteiger partial charge in [-0.15, -0.1) is 0 Å². The second-order valence-corrected chi connectivity index (χ2v) is 8.65. The summed E-state index contributed by atoms with van der Waals surface area (Å²) in [6.45, 7) is 6.10. The molecule has 0 bridgehead atoms. The van der Waals surface area contributed by atoms with Crippen LogP contribution in [0, 0.1) is 0 Å². The Balaban J connectivity index is 2.01. The molecule has 1 saturated heterocycles. The SMILES string of the molecule is CCCOc1c(Cl)cc(C(=O)NCCS(=O)(=O)N2CCOCC2)cc1OCC. The molecule has 1 heterocycles. The molecule has 1 aliphatic heterocycles. The highest BCUT2D eigenvalue weighted by Crippen LogP contribution is 2.36. The zero-order chi connectivity index (χ0) is 20.6. The summed E-state index contributed by atoms with van der Waals surface area (Å²) in [6, 6.07) is 3.03. The number of amides is 1. The summed E-state index contributed by atoms with van der Waals surface area (Å²) in [4.78, 5) is 12.4. The fourth-order valence-corrected chi connectivity index (χ4v) is 4.24. The number of hydrogen-bond acceptors (Lipinski definition) is 6. The van der Waals surface area contributed by atoms with Crippen molar-refractivity contribution in [2.75, 3.05) is 51.8 Å². The number of nitrogens with one attached hydrogen (secondary N) is 1. The molecule has 28 heavy (non-hydrogen) atoms. The van der Waals surface area contributed by atoms with Crippen LogP contribution in [0.15, 0.2) is 12.1 Å². The van der Waals surface area contributed by atoms with E-state index in [4.69, 9.17) is 25.8 Å². The first-order chi connectivity index (χ1) is 13.4. The predicted octanol–water partition coefficient (Wildman–Crippen LogP) is 1.92. The van der Waals surface area contributed by atoms with Gasteiger partial charge in [0.25, 0.3) is 5.91 Å². The quantitative estimate of drug-likeness (QED) is 0.604. The first-order valence-electron chi connectivity index (χ1n) is 9.32. The van der Waals surface area contributed by atoms with Gasteiger partial charge >= 0.3 is 0 Å². The molecule has 158 valence electrons. The average Bonchev–Trinajstić information content (AvgIpc) is 2.68. The summed E-state index contributed by atoms with van der Waals surface area (Å²) >= 11 is 6.26. The Morgan fingerprint density at radius 3 is 2.61 bits per heavy atom. The fraction of sp³-hybridized carbons (Fsp3) is 0.611. The van der Waals surface area contributed by atoms with E-state index in [1.807, 2.05) is 13.8 Å². The van der Waals surface area contributed by atoms with Gasteiger partial charge in [0.1, 0.15) is 0 Å². The van der Waals surface area contributed by atoms with Crippen molar-refractivity contribution in [2.45, 2.75) is 20.3 Å². The molecule has 0 spiro atoms. The zero-order valence-electron chi connectivity index (χ0n) is 16.2. The van der Waals surface area contributed by atoms with Crippen molar-refractivity contribution in [3.8, 4) is 11.5 Å². The normalized spacial score (nSPS) is 15.2. The van der Waals surface area contributed by atoms with E-state index in [0.29, 0.717) is 51.0 Å². The molecule has 10 heteroatoms. The molecule has 0 unspecified atom stereocenters. The third-order valence-corrected chi connectivity index (χ3v) is 6.18. The number of sulfonamides is 1. The van der Waals surface area contributed by atoms with Gasteiger partial charge < -0.3 is 19.5 Å². The van der Waals surface area contributed by atoms with Crippen LogP contribution in [0.3, 0.4) is 0 Å².